The van der Waals surface area contributed by atoms with E-state index in [0.717, 1.165) is 36.8 Å². The molecule has 3 aromatic rings. The topological polar surface area (TPSA) is 45.3 Å². The van der Waals surface area contributed by atoms with Crippen LogP contribution < -0.4 is 4.18 Å². The zero-order valence-corrected chi connectivity index (χ0v) is 15.4. The van der Waals surface area contributed by atoms with Crippen LogP contribution in [0.4, 0.5) is 4.39 Å². The molecule has 0 amide bonds. The van der Waals surface area contributed by atoms with Crippen molar-refractivity contribution in [1.82, 2.24) is 9.88 Å². The van der Waals surface area contributed by atoms with Gasteiger partial charge >= 0.3 is 0 Å². The van der Waals surface area contributed by atoms with Crippen molar-refractivity contribution in [3.8, 4) is 5.75 Å². The Labute approximate surface area is 154 Å². The number of aromatic amines is 1. The lowest BCUT2D eigenvalue weighted by atomic mass is 9.89. The van der Waals surface area contributed by atoms with Crippen LogP contribution in [-0.4, -0.2) is 34.2 Å². The average Bonchev–Trinajstić information content (AvgIpc) is 3.06. The van der Waals surface area contributed by atoms with Crippen LogP contribution in [-0.2, 0) is 11.1 Å². The van der Waals surface area contributed by atoms with Gasteiger partial charge < -0.3 is 14.1 Å². The van der Waals surface area contributed by atoms with Crippen molar-refractivity contribution >= 4 is 22.0 Å². The highest BCUT2D eigenvalue weighted by Gasteiger charge is 2.21. The molecule has 0 bridgehead atoms. The molecule has 4 nitrogen and oxygen atoms in total. The average molecular weight is 372 g/mol. The Hall–Kier alpha value is -2.18. The predicted octanol–water partition coefficient (Wildman–Crippen LogP) is 4.22. The fraction of sp³-hybridized carbons (Fsp3) is 0.300. The SMILES string of the molecule is CN1CCC(c2c[nH]c3ccc(OS(=O)c4ccc(F)cc4)cc23)CC1. The predicted molar refractivity (Wildman–Crippen MR) is 101 cm³/mol. The van der Waals surface area contributed by atoms with Crippen molar-refractivity contribution in [1.29, 1.82) is 0 Å². The normalized spacial score (nSPS) is 17.5. The minimum Gasteiger partial charge on any atom is -0.397 e. The quantitative estimate of drug-likeness (QED) is 0.746. The summed E-state index contributed by atoms with van der Waals surface area (Å²) in [5, 5.41) is 1.12. The van der Waals surface area contributed by atoms with E-state index in [9.17, 15) is 8.60 Å². The Morgan fingerprint density at radius 1 is 1.15 bits per heavy atom. The van der Waals surface area contributed by atoms with Crippen molar-refractivity contribution in [2.45, 2.75) is 23.7 Å². The van der Waals surface area contributed by atoms with E-state index in [1.807, 2.05) is 12.1 Å². The number of nitrogens with one attached hydrogen (secondary N) is 1. The lowest BCUT2D eigenvalue weighted by Crippen LogP contribution is -2.29. The van der Waals surface area contributed by atoms with Gasteiger partial charge in [0.15, 0.2) is 0 Å². The highest BCUT2D eigenvalue weighted by Crippen LogP contribution is 2.34. The number of nitrogens with zero attached hydrogens (tertiary/aromatic N) is 1. The largest absolute Gasteiger partial charge is 0.397 e. The lowest BCUT2D eigenvalue weighted by molar-refractivity contribution is 0.256. The first kappa shape index (κ1) is 17.2. The number of piperidine rings is 1. The van der Waals surface area contributed by atoms with Gasteiger partial charge in [-0.1, -0.05) is 0 Å². The van der Waals surface area contributed by atoms with E-state index in [4.69, 9.17) is 4.18 Å². The van der Waals surface area contributed by atoms with Crippen molar-refractivity contribution in [3.05, 3.63) is 60.0 Å². The van der Waals surface area contributed by atoms with E-state index in [2.05, 4.69) is 23.1 Å². The Balaban J connectivity index is 1.57. The number of hydrogen-bond donors (Lipinski definition) is 1. The second kappa shape index (κ2) is 7.21. The van der Waals surface area contributed by atoms with Crippen LogP contribution in [0.25, 0.3) is 10.9 Å². The van der Waals surface area contributed by atoms with Crippen LogP contribution in [0.1, 0.15) is 24.3 Å². The molecule has 1 aliphatic heterocycles. The zero-order chi connectivity index (χ0) is 18.1. The summed E-state index contributed by atoms with van der Waals surface area (Å²) < 4.78 is 31.0. The number of benzene rings is 2. The van der Waals surface area contributed by atoms with Crippen LogP contribution in [0.15, 0.2) is 53.6 Å². The first-order chi connectivity index (χ1) is 12.6. The Kier molecular flexibility index (Phi) is 4.78. The molecule has 136 valence electrons. The molecule has 1 atom stereocenters. The van der Waals surface area contributed by atoms with E-state index < -0.39 is 11.1 Å². The highest BCUT2D eigenvalue weighted by atomic mass is 32.2. The summed E-state index contributed by atoms with van der Waals surface area (Å²) in [6.45, 7) is 2.20. The van der Waals surface area contributed by atoms with Crippen molar-refractivity contribution in [3.63, 3.8) is 0 Å². The summed E-state index contributed by atoms with van der Waals surface area (Å²) in [7, 11) is 2.15. The molecule has 1 fully saturated rings. The van der Waals surface area contributed by atoms with Crippen molar-refractivity contribution < 1.29 is 12.8 Å². The fourth-order valence-corrected chi connectivity index (χ4v) is 4.24. The Morgan fingerprint density at radius 2 is 1.88 bits per heavy atom. The van der Waals surface area contributed by atoms with Gasteiger partial charge in [0, 0.05) is 17.1 Å². The summed E-state index contributed by atoms with van der Waals surface area (Å²) in [4.78, 5) is 6.12. The standard InChI is InChI=1S/C20H21FN2O2S/c1-23-10-8-14(9-11-23)19-13-22-20-7-4-16(12-18(19)20)25-26(24)17-5-2-15(21)3-6-17/h2-7,12-14,22H,8-11H2,1H3. The molecule has 26 heavy (non-hydrogen) atoms. The second-order valence-electron chi connectivity index (χ2n) is 6.80. The highest BCUT2D eigenvalue weighted by molar-refractivity contribution is 7.80. The van der Waals surface area contributed by atoms with E-state index in [-0.39, 0.29) is 5.82 Å². The molecule has 1 N–H and O–H groups in total. The molecule has 2 aromatic carbocycles. The summed E-state index contributed by atoms with van der Waals surface area (Å²) in [5.41, 5.74) is 2.35. The molecule has 1 saturated heterocycles. The van der Waals surface area contributed by atoms with Gasteiger partial charge in [-0.3, -0.25) is 0 Å². The number of hydrogen-bond acceptors (Lipinski definition) is 3. The minimum absolute atomic E-state index is 0.359. The molecule has 1 unspecified atom stereocenters. The molecule has 4 rings (SSSR count). The number of halogens is 1. The van der Waals surface area contributed by atoms with Crippen LogP contribution in [0.3, 0.4) is 0 Å². The van der Waals surface area contributed by atoms with E-state index in [0.29, 0.717) is 16.6 Å². The molecule has 0 radical (unpaired) electrons. The molecule has 1 aromatic heterocycles. The number of likely N-dealkylation sites (tertiary alicyclic amines) is 1. The third kappa shape index (κ3) is 3.52. The molecule has 0 saturated carbocycles. The van der Waals surface area contributed by atoms with Crippen LogP contribution in [0, 0.1) is 5.82 Å². The zero-order valence-electron chi connectivity index (χ0n) is 14.6. The molecule has 1 aliphatic rings. The Morgan fingerprint density at radius 3 is 2.62 bits per heavy atom. The van der Waals surface area contributed by atoms with Gasteiger partial charge in [0.1, 0.15) is 11.6 Å². The van der Waals surface area contributed by atoms with Crippen LogP contribution in [0.5, 0.6) is 5.75 Å². The Bertz CT molecular complexity index is 931. The van der Waals surface area contributed by atoms with Crippen molar-refractivity contribution in [2.75, 3.05) is 20.1 Å². The second-order valence-corrected chi connectivity index (χ2v) is 7.91. The molecule has 6 heteroatoms. The smallest absolute Gasteiger partial charge is 0.240 e. The van der Waals surface area contributed by atoms with Gasteiger partial charge in [-0.05, 0) is 86.9 Å². The maximum atomic E-state index is 13.0. The van der Waals surface area contributed by atoms with Gasteiger partial charge in [-0.2, -0.15) is 0 Å². The van der Waals surface area contributed by atoms with Crippen molar-refractivity contribution in [2.24, 2.45) is 0 Å². The van der Waals surface area contributed by atoms with Gasteiger partial charge in [-0.25, -0.2) is 8.60 Å². The summed E-state index contributed by atoms with van der Waals surface area (Å²) in [6, 6.07) is 11.2. The number of fused-ring (bicyclic) bond motifs is 1. The first-order valence-corrected chi connectivity index (χ1v) is 9.83. The third-order valence-electron chi connectivity index (χ3n) is 5.02. The fourth-order valence-electron chi connectivity index (χ4n) is 3.51. The molecule has 2 heterocycles. The van der Waals surface area contributed by atoms with Crippen LogP contribution >= 0.6 is 0 Å². The monoisotopic (exact) mass is 372 g/mol. The molecular weight excluding hydrogens is 351 g/mol. The summed E-state index contributed by atoms with van der Waals surface area (Å²) in [5.74, 6) is 0.717. The third-order valence-corrected chi connectivity index (χ3v) is 6.02. The van der Waals surface area contributed by atoms with Gasteiger partial charge in [0.2, 0.25) is 11.1 Å². The van der Waals surface area contributed by atoms with E-state index in [1.165, 1.54) is 29.8 Å². The summed E-state index contributed by atoms with van der Waals surface area (Å²) in [6.07, 6.45) is 4.35. The number of rotatable bonds is 4. The van der Waals surface area contributed by atoms with Gasteiger partial charge in [0.25, 0.3) is 0 Å². The lowest BCUT2D eigenvalue weighted by Gasteiger charge is -2.28. The number of H-pyrrole nitrogens is 1. The van der Waals surface area contributed by atoms with E-state index in [1.54, 1.807) is 6.07 Å². The van der Waals surface area contributed by atoms with Gasteiger partial charge in [-0.15, -0.1) is 0 Å². The molecule has 0 spiro atoms. The van der Waals surface area contributed by atoms with Crippen LogP contribution in [0.2, 0.25) is 0 Å². The van der Waals surface area contributed by atoms with E-state index >= 15 is 0 Å². The maximum absolute atomic E-state index is 13.0. The molecular formula is C20H21FN2O2S. The molecule has 0 aliphatic carbocycles. The summed E-state index contributed by atoms with van der Waals surface area (Å²) >= 11 is -1.67. The number of aromatic nitrogens is 1. The van der Waals surface area contributed by atoms with Gasteiger partial charge in [0.05, 0.1) is 4.90 Å². The first-order valence-electron chi connectivity index (χ1n) is 8.75. The maximum Gasteiger partial charge on any atom is 0.240 e. The minimum atomic E-state index is -1.67.